The molecule has 0 aromatic heterocycles. The Kier molecular flexibility index (Phi) is 4.25. The van der Waals surface area contributed by atoms with Gasteiger partial charge in [-0.05, 0) is 36.4 Å². The van der Waals surface area contributed by atoms with E-state index in [9.17, 15) is 9.18 Å². The van der Waals surface area contributed by atoms with Crippen molar-refractivity contribution in [3.63, 3.8) is 0 Å². The van der Waals surface area contributed by atoms with Crippen molar-refractivity contribution in [1.82, 2.24) is 0 Å². The van der Waals surface area contributed by atoms with Gasteiger partial charge in [-0.25, -0.2) is 4.39 Å². The van der Waals surface area contributed by atoms with Crippen molar-refractivity contribution >= 4 is 17.4 Å². The summed E-state index contributed by atoms with van der Waals surface area (Å²) in [5.74, 6) is -0.414. The fourth-order valence-electron chi connectivity index (χ4n) is 1.78. The van der Waals surface area contributed by atoms with Crippen LogP contribution in [-0.2, 0) is 0 Å². The minimum absolute atomic E-state index is 0.0928. The van der Waals surface area contributed by atoms with E-state index < -0.39 is 5.82 Å². The van der Waals surface area contributed by atoms with E-state index in [0.29, 0.717) is 16.3 Å². The van der Waals surface area contributed by atoms with Gasteiger partial charge in [0.25, 0.3) is 0 Å². The second kappa shape index (κ2) is 5.92. The van der Waals surface area contributed by atoms with Gasteiger partial charge in [-0.15, -0.1) is 0 Å². The predicted molar refractivity (Wildman–Crippen MR) is 74.4 cm³/mol. The SMILES string of the molecule is COc1ccc(C(=O)c2ccc(Cl)c(OC)c2)cc1F. The molecule has 2 aromatic carbocycles. The maximum Gasteiger partial charge on any atom is 0.193 e. The lowest BCUT2D eigenvalue weighted by molar-refractivity contribution is 0.103. The topological polar surface area (TPSA) is 35.5 Å². The van der Waals surface area contributed by atoms with Crippen molar-refractivity contribution in [2.24, 2.45) is 0 Å². The predicted octanol–water partition coefficient (Wildman–Crippen LogP) is 3.73. The monoisotopic (exact) mass is 294 g/mol. The van der Waals surface area contributed by atoms with Crippen molar-refractivity contribution in [1.29, 1.82) is 0 Å². The Hall–Kier alpha value is -2.07. The molecule has 0 bridgehead atoms. The lowest BCUT2D eigenvalue weighted by atomic mass is 10.0. The Morgan fingerprint density at radius 3 is 2.20 bits per heavy atom. The van der Waals surface area contributed by atoms with Crippen LogP contribution in [0.5, 0.6) is 11.5 Å². The van der Waals surface area contributed by atoms with Gasteiger partial charge in [0, 0.05) is 11.1 Å². The van der Waals surface area contributed by atoms with Gasteiger partial charge in [0.1, 0.15) is 5.75 Å². The Morgan fingerprint density at radius 2 is 1.60 bits per heavy atom. The molecule has 0 radical (unpaired) electrons. The summed E-state index contributed by atoms with van der Waals surface area (Å²) in [6, 6.07) is 8.71. The Bertz CT molecular complexity index is 656. The Morgan fingerprint density at radius 1 is 1.00 bits per heavy atom. The number of carbonyl (C=O) groups is 1. The standard InChI is InChI=1S/C15H12ClFO3/c1-19-13-6-4-9(7-12(13)17)15(18)10-3-5-11(16)14(8-10)20-2/h3-8H,1-2H3. The van der Waals surface area contributed by atoms with E-state index in [4.69, 9.17) is 21.1 Å². The van der Waals surface area contributed by atoms with E-state index in [1.165, 1.54) is 32.4 Å². The van der Waals surface area contributed by atoms with Crippen molar-refractivity contribution in [2.45, 2.75) is 0 Å². The molecule has 0 unspecified atom stereocenters. The van der Waals surface area contributed by atoms with Crippen LogP contribution in [0, 0.1) is 5.82 Å². The molecular weight excluding hydrogens is 283 g/mol. The zero-order valence-electron chi connectivity index (χ0n) is 10.9. The van der Waals surface area contributed by atoms with Crippen LogP contribution in [0.15, 0.2) is 36.4 Å². The molecule has 2 aromatic rings. The molecule has 0 saturated carbocycles. The van der Waals surface area contributed by atoms with E-state index in [0.717, 1.165) is 6.07 Å². The fourth-order valence-corrected chi connectivity index (χ4v) is 1.97. The smallest absolute Gasteiger partial charge is 0.193 e. The molecule has 20 heavy (non-hydrogen) atoms. The number of hydrogen-bond acceptors (Lipinski definition) is 3. The number of carbonyl (C=O) groups excluding carboxylic acids is 1. The fraction of sp³-hybridized carbons (Fsp3) is 0.133. The van der Waals surface area contributed by atoms with Crippen LogP contribution in [-0.4, -0.2) is 20.0 Å². The van der Waals surface area contributed by atoms with E-state index in [2.05, 4.69) is 0 Å². The molecule has 0 saturated heterocycles. The normalized spacial score (nSPS) is 10.2. The van der Waals surface area contributed by atoms with Gasteiger partial charge in [0.15, 0.2) is 17.3 Å². The average Bonchev–Trinajstić information content (AvgIpc) is 2.47. The third kappa shape index (κ3) is 2.75. The quantitative estimate of drug-likeness (QED) is 0.806. The molecular formula is C15H12ClFO3. The average molecular weight is 295 g/mol. The molecule has 0 atom stereocenters. The molecule has 2 rings (SSSR count). The molecule has 0 fully saturated rings. The van der Waals surface area contributed by atoms with Gasteiger partial charge < -0.3 is 9.47 Å². The summed E-state index contributed by atoms with van der Waals surface area (Å²) >= 11 is 5.90. The summed E-state index contributed by atoms with van der Waals surface area (Å²) < 4.78 is 23.5. The number of rotatable bonds is 4. The minimum Gasteiger partial charge on any atom is -0.495 e. The first kappa shape index (κ1) is 14.3. The third-order valence-electron chi connectivity index (χ3n) is 2.83. The van der Waals surface area contributed by atoms with Gasteiger partial charge >= 0.3 is 0 Å². The number of benzene rings is 2. The van der Waals surface area contributed by atoms with Crippen LogP contribution in [0.2, 0.25) is 5.02 Å². The molecule has 0 aliphatic rings. The molecule has 3 nitrogen and oxygen atoms in total. The van der Waals surface area contributed by atoms with Crippen LogP contribution in [0.3, 0.4) is 0 Å². The number of hydrogen-bond donors (Lipinski definition) is 0. The lowest BCUT2D eigenvalue weighted by Gasteiger charge is -2.07. The maximum absolute atomic E-state index is 13.6. The van der Waals surface area contributed by atoms with Crippen molar-refractivity contribution in [3.05, 3.63) is 58.4 Å². The molecule has 0 N–H and O–H groups in total. The second-order valence-corrected chi connectivity index (χ2v) is 4.43. The third-order valence-corrected chi connectivity index (χ3v) is 3.14. The van der Waals surface area contributed by atoms with Crippen molar-refractivity contribution in [3.8, 4) is 11.5 Å². The first-order valence-corrected chi connectivity index (χ1v) is 6.16. The van der Waals surface area contributed by atoms with Crippen LogP contribution in [0.25, 0.3) is 0 Å². The summed E-state index contributed by atoms with van der Waals surface area (Å²) in [6.07, 6.45) is 0. The molecule has 0 aliphatic carbocycles. The highest BCUT2D eigenvalue weighted by atomic mass is 35.5. The molecule has 0 heterocycles. The number of halogens is 2. The molecule has 0 aliphatic heterocycles. The van der Waals surface area contributed by atoms with Crippen LogP contribution < -0.4 is 9.47 Å². The summed E-state index contributed by atoms with van der Waals surface area (Å²) in [7, 11) is 2.83. The van der Waals surface area contributed by atoms with Crippen LogP contribution >= 0.6 is 11.6 Å². The summed E-state index contributed by atoms with van der Waals surface area (Å²) in [6.45, 7) is 0. The highest BCUT2D eigenvalue weighted by Crippen LogP contribution is 2.27. The highest BCUT2D eigenvalue weighted by Gasteiger charge is 2.14. The summed E-state index contributed by atoms with van der Waals surface area (Å²) in [5.41, 5.74) is 0.600. The molecule has 0 amide bonds. The van der Waals surface area contributed by atoms with E-state index >= 15 is 0 Å². The van der Waals surface area contributed by atoms with Crippen LogP contribution in [0.1, 0.15) is 15.9 Å². The van der Waals surface area contributed by atoms with Crippen molar-refractivity contribution in [2.75, 3.05) is 14.2 Å². The first-order valence-electron chi connectivity index (χ1n) is 5.78. The second-order valence-electron chi connectivity index (χ2n) is 4.03. The zero-order valence-corrected chi connectivity index (χ0v) is 11.7. The number of methoxy groups -OCH3 is 2. The van der Waals surface area contributed by atoms with Crippen molar-refractivity contribution < 1.29 is 18.7 Å². The summed E-state index contributed by atoms with van der Waals surface area (Å²) in [5, 5.41) is 0.407. The summed E-state index contributed by atoms with van der Waals surface area (Å²) in [4.78, 5) is 12.3. The Balaban J connectivity index is 2.38. The van der Waals surface area contributed by atoms with E-state index in [1.54, 1.807) is 12.1 Å². The number of ether oxygens (including phenoxy) is 2. The molecule has 104 valence electrons. The van der Waals surface area contributed by atoms with E-state index in [-0.39, 0.29) is 17.1 Å². The van der Waals surface area contributed by atoms with E-state index in [1.807, 2.05) is 0 Å². The Labute approximate surface area is 120 Å². The van der Waals surface area contributed by atoms with Crippen LogP contribution in [0.4, 0.5) is 4.39 Å². The largest absolute Gasteiger partial charge is 0.495 e. The highest BCUT2D eigenvalue weighted by molar-refractivity contribution is 6.32. The van der Waals surface area contributed by atoms with Gasteiger partial charge in [-0.3, -0.25) is 4.79 Å². The molecule has 5 heteroatoms. The number of ketones is 1. The lowest BCUT2D eigenvalue weighted by Crippen LogP contribution is -2.03. The first-order chi connectivity index (χ1) is 9.56. The van der Waals surface area contributed by atoms with Gasteiger partial charge in [0.05, 0.1) is 19.2 Å². The zero-order chi connectivity index (χ0) is 14.7. The van der Waals surface area contributed by atoms with Gasteiger partial charge in [-0.2, -0.15) is 0 Å². The molecule has 0 spiro atoms. The van der Waals surface area contributed by atoms with Gasteiger partial charge in [-0.1, -0.05) is 11.6 Å². The minimum atomic E-state index is -0.584. The van der Waals surface area contributed by atoms with Gasteiger partial charge in [0.2, 0.25) is 0 Å². The maximum atomic E-state index is 13.6.